The predicted molar refractivity (Wildman–Crippen MR) is 81.5 cm³/mol. The van der Waals surface area contributed by atoms with Gasteiger partial charge in [-0.3, -0.25) is 0 Å². The average Bonchev–Trinajstić information content (AvgIpc) is 2.42. The molecule has 0 aromatic heterocycles. The number of halogens is 2. The molecule has 0 fully saturated rings. The fraction of sp³-hybridized carbons (Fsp3) is 0.133. The van der Waals surface area contributed by atoms with Crippen LogP contribution in [-0.4, -0.2) is 11.1 Å². The molecule has 0 saturated carbocycles. The Hall–Kier alpha value is -1.71. The van der Waals surface area contributed by atoms with Crippen LogP contribution in [0.4, 0.5) is 5.69 Å². The Morgan fingerprint density at radius 3 is 2.25 bits per heavy atom. The van der Waals surface area contributed by atoms with E-state index in [4.69, 9.17) is 23.2 Å². The van der Waals surface area contributed by atoms with Gasteiger partial charge in [-0.25, -0.2) is 4.79 Å². The Balaban J connectivity index is 2.43. The van der Waals surface area contributed by atoms with E-state index in [0.29, 0.717) is 21.3 Å². The maximum absolute atomic E-state index is 11.7. The minimum absolute atomic E-state index is 0.467. The normalized spacial score (nSPS) is 13.6. The average molecular weight is 310 g/mol. The Morgan fingerprint density at radius 1 is 1.10 bits per heavy atom. The summed E-state index contributed by atoms with van der Waals surface area (Å²) in [5.74, 6) is -1.00. The third kappa shape index (κ3) is 2.89. The number of benzene rings is 2. The molecule has 0 aliphatic heterocycles. The number of aliphatic carboxylic acids is 1. The second-order valence-corrected chi connectivity index (χ2v) is 5.39. The maximum Gasteiger partial charge on any atom is 0.333 e. The van der Waals surface area contributed by atoms with Crippen molar-refractivity contribution in [2.24, 2.45) is 0 Å². The molecule has 104 valence electrons. The van der Waals surface area contributed by atoms with Gasteiger partial charge in [0.1, 0.15) is 0 Å². The number of carboxylic acid groups (broad SMARTS) is 1. The zero-order chi connectivity index (χ0) is 14.8. The van der Waals surface area contributed by atoms with Crippen molar-refractivity contribution in [1.82, 2.24) is 0 Å². The lowest BCUT2D eigenvalue weighted by atomic mass is 9.91. The molecule has 2 rings (SSSR count). The van der Waals surface area contributed by atoms with Crippen LogP contribution in [0.15, 0.2) is 48.5 Å². The van der Waals surface area contributed by atoms with Crippen LogP contribution in [-0.2, 0) is 10.3 Å². The van der Waals surface area contributed by atoms with Gasteiger partial charge in [-0.1, -0.05) is 47.5 Å². The smallest absolute Gasteiger partial charge is 0.333 e. The predicted octanol–water partition coefficient (Wildman–Crippen LogP) is 4.41. The third-order valence-electron chi connectivity index (χ3n) is 3.11. The van der Waals surface area contributed by atoms with E-state index in [0.717, 1.165) is 0 Å². The molecule has 0 spiro atoms. The largest absolute Gasteiger partial charge is 0.479 e. The van der Waals surface area contributed by atoms with Crippen LogP contribution < -0.4 is 5.32 Å². The van der Waals surface area contributed by atoms with Gasteiger partial charge in [-0.2, -0.15) is 0 Å². The maximum atomic E-state index is 11.7. The van der Waals surface area contributed by atoms with Gasteiger partial charge in [-0.05, 0) is 36.8 Å². The molecule has 0 saturated heterocycles. The van der Waals surface area contributed by atoms with Crippen LogP contribution in [0.2, 0.25) is 10.0 Å². The van der Waals surface area contributed by atoms with Gasteiger partial charge >= 0.3 is 5.97 Å². The zero-order valence-corrected chi connectivity index (χ0v) is 12.2. The summed E-state index contributed by atoms with van der Waals surface area (Å²) in [6, 6.07) is 13.7. The monoisotopic (exact) mass is 309 g/mol. The molecule has 1 atom stereocenters. The van der Waals surface area contributed by atoms with Crippen molar-refractivity contribution in [3.63, 3.8) is 0 Å². The van der Waals surface area contributed by atoms with Crippen LogP contribution >= 0.6 is 23.2 Å². The number of para-hydroxylation sites is 1. The molecule has 20 heavy (non-hydrogen) atoms. The molecule has 1 unspecified atom stereocenters. The summed E-state index contributed by atoms with van der Waals surface area (Å²) < 4.78 is 0. The second-order valence-electron chi connectivity index (χ2n) is 4.54. The van der Waals surface area contributed by atoms with Crippen molar-refractivity contribution in [3.05, 3.63) is 64.1 Å². The minimum Gasteiger partial charge on any atom is -0.479 e. The van der Waals surface area contributed by atoms with E-state index in [1.165, 1.54) is 0 Å². The number of rotatable bonds is 4. The Labute approximate surface area is 127 Å². The van der Waals surface area contributed by atoms with Gasteiger partial charge < -0.3 is 10.4 Å². The summed E-state index contributed by atoms with van der Waals surface area (Å²) in [4.78, 5) is 11.7. The Bertz CT molecular complexity index is 628. The van der Waals surface area contributed by atoms with Gasteiger partial charge in [0.15, 0.2) is 5.54 Å². The number of anilines is 1. The molecule has 2 aromatic rings. The first-order chi connectivity index (χ1) is 9.43. The van der Waals surface area contributed by atoms with E-state index >= 15 is 0 Å². The third-order valence-corrected chi connectivity index (χ3v) is 3.69. The fourth-order valence-electron chi connectivity index (χ4n) is 1.86. The molecule has 0 amide bonds. The van der Waals surface area contributed by atoms with E-state index in [2.05, 4.69) is 5.32 Å². The van der Waals surface area contributed by atoms with Crippen LogP contribution in [0.25, 0.3) is 0 Å². The molecule has 0 bridgehead atoms. The molecule has 0 heterocycles. The van der Waals surface area contributed by atoms with Crippen molar-refractivity contribution in [2.75, 3.05) is 5.32 Å². The number of carboxylic acids is 1. The molecule has 2 N–H and O–H groups in total. The second kappa shape index (κ2) is 5.73. The summed E-state index contributed by atoms with van der Waals surface area (Å²) >= 11 is 11.9. The number of carbonyl (C=O) groups is 1. The Kier molecular flexibility index (Phi) is 4.21. The van der Waals surface area contributed by atoms with E-state index in [1.807, 2.05) is 0 Å². The van der Waals surface area contributed by atoms with E-state index in [-0.39, 0.29) is 0 Å². The molecular weight excluding hydrogens is 297 g/mol. The zero-order valence-electron chi connectivity index (χ0n) is 10.7. The quantitative estimate of drug-likeness (QED) is 0.879. The SMILES string of the molecule is CC(Nc1ccccc1Cl)(C(=O)O)c1ccc(Cl)cc1. The lowest BCUT2D eigenvalue weighted by molar-refractivity contribution is -0.142. The highest BCUT2D eigenvalue weighted by Gasteiger charge is 2.35. The van der Waals surface area contributed by atoms with Crippen LogP contribution in [0.1, 0.15) is 12.5 Å². The van der Waals surface area contributed by atoms with Gasteiger partial charge in [0.05, 0.1) is 10.7 Å². The van der Waals surface area contributed by atoms with Crippen molar-refractivity contribution in [1.29, 1.82) is 0 Å². The molecule has 0 radical (unpaired) electrons. The minimum atomic E-state index is -1.30. The molecule has 5 heteroatoms. The summed E-state index contributed by atoms with van der Waals surface area (Å²) in [5.41, 5.74) is -0.140. The van der Waals surface area contributed by atoms with Gasteiger partial charge in [0.2, 0.25) is 0 Å². The number of hydrogen-bond acceptors (Lipinski definition) is 2. The lowest BCUT2D eigenvalue weighted by Gasteiger charge is -2.28. The topological polar surface area (TPSA) is 49.3 Å². The molecule has 0 aliphatic carbocycles. The lowest BCUT2D eigenvalue weighted by Crippen LogP contribution is -2.40. The first-order valence-corrected chi connectivity index (χ1v) is 6.71. The molecule has 3 nitrogen and oxygen atoms in total. The Morgan fingerprint density at radius 2 is 1.70 bits per heavy atom. The van der Waals surface area contributed by atoms with Gasteiger partial charge in [0, 0.05) is 5.02 Å². The van der Waals surface area contributed by atoms with Crippen molar-refractivity contribution >= 4 is 34.9 Å². The van der Waals surface area contributed by atoms with E-state index in [1.54, 1.807) is 55.5 Å². The van der Waals surface area contributed by atoms with Crippen molar-refractivity contribution in [2.45, 2.75) is 12.5 Å². The highest BCUT2D eigenvalue weighted by atomic mass is 35.5. The fourth-order valence-corrected chi connectivity index (χ4v) is 2.17. The van der Waals surface area contributed by atoms with Crippen molar-refractivity contribution in [3.8, 4) is 0 Å². The standard InChI is InChI=1S/C15H13Cl2NO2/c1-15(14(19)20,10-6-8-11(16)9-7-10)18-13-5-3-2-4-12(13)17/h2-9,18H,1H3,(H,19,20). The summed E-state index contributed by atoms with van der Waals surface area (Å²) in [5, 5.41) is 13.6. The van der Waals surface area contributed by atoms with Crippen LogP contribution in [0, 0.1) is 0 Å². The highest BCUT2D eigenvalue weighted by molar-refractivity contribution is 6.33. The molecule has 0 aliphatic rings. The van der Waals surface area contributed by atoms with Gasteiger partial charge in [-0.15, -0.1) is 0 Å². The number of hydrogen-bond donors (Lipinski definition) is 2. The van der Waals surface area contributed by atoms with Crippen molar-refractivity contribution < 1.29 is 9.90 Å². The van der Waals surface area contributed by atoms with E-state index < -0.39 is 11.5 Å². The summed E-state index contributed by atoms with van der Waals surface area (Å²) in [7, 11) is 0. The van der Waals surface area contributed by atoms with Crippen LogP contribution in [0.5, 0.6) is 0 Å². The summed E-state index contributed by atoms with van der Waals surface area (Å²) in [6.45, 7) is 1.59. The van der Waals surface area contributed by atoms with E-state index in [9.17, 15) is 9.90 Å². The molecular formula is C15H13Cl2NO2. The summed E-state index contributed by atoms with van der Waals surface area (Å²) in [6.07, 6.45) is 0. The number of nitrogens with one attached hydrogen (secondary N) is 1. The first kappa shape index (κ1) is 14.7. The first-order valence-electron chi connectivity index (χ1n) is 5.95. The molecule has 2 aromatic carbocycles. The van der Waals surface area contributed by atoms with Crippen LogP contribution in [0.3, 0.4) is 0 Å². The van der Waals surface area contributed by atoms with Gasteiger partial charge in [0.25, 0.3) is 0 Å². The highest BCUT2D eigenvalue weighted by Crippen LogP contribution is 2.31.